The highest BCUT2D eigenvalue weighted by Gasteiger charge is 2.12. The molecule has 1 aromatic heterocycles. The summed E-state index contributed by atoms with van der Waals surface area (Å²) in [5.74, 6) is 0.609. The van der Waals surface area contributed by atoms with E-state index in [9.17, 15) is 9.59 Å². The maximum absolute atomic E-state index is 12.7. The number of rotatable bonds is 7. The summed E-state index contributed by atoms with van der Waals surface area (Å²) in [7, 11) is 0. The lowest BCUT2D eigenvalue weighted by Crippen LogP contribution is -2.22. The topological polar surface area (TPSA) is 76.1 Å². The normalized spacial score (nSPS) is 10.9. The first-order valence-electron chi connectivity index (χ1n) is 9.41. The van der Waals surface area contributed by atoms with Gasteiger partial charge in [-0.25, -0.2) is 0 Å². The van der Waals surface area contributed by atoms with Gasteiger partial charge in [0.2, 0.25) is 0 Å². The van der Waals surface area contributed by atoms with Crippen molar-refractivity contribution in [2.45, 2.75) is 20.4 Å². The molecule has 0 bridgehead atoms. The highest BCUT2D eigenvalue weighted by molar-refractivity contribution is 7.71. The molecule has 8 heteroatoms. The van der Waals surface area contributed by atoms with Crippen molar-refractivity contribution < 1.29 is 9.53 Å². The van der Waals surface area contributed by atoms with Crippen molar-refractivity contribution in [3.63, 3.8) is 0 Å². The molecule has 6 nitrogen and oxygen atoms in total. The van der Waals surface area contributed by atoms with Gasteiger partial charge in [-0.15, -0.1) is 6.58 Å². The van der Waals surface area contributed by atoms with Gasteiger partial charge in [-0.2, -0.15) is 0 Å². The molecule has 30 heavy (non-hydrogen) atoms. The number of nitrogens with zero attached hydrogens (tertiary/aromatic N) is 1. The number of anilines is 1. The highest BCUT2D eigenvalue weighted by Crippen LogP contribution is 2.28. The van der Waals surface area contributed by atoms with Gasteiger partial charge in [0.15, 0.2) is 4.77 Å². The van der Waals surface area contributed by atoms with E-state index in [1.54, 1.807) is 42.5 Å². The minimum Gasteiger partial charge on any atom is -0.492 e. The summed E-state index contributed by atoms with van der Waals surface area (Å²) in [5, 5.41) is 3.66. The smallest absolute Gasteiger partial charge is 0.262 e. The molecule has 3 aromatic rings. The number of halogens is 1. The zero-order valence-electron chi connectivity index (χ0n) is 16.7. The second-order valence-corrected chi connectivity index (χ2v) is 7.99. The molecule has 0 unspecified atom stereocenters. The fourth-order valence-electron chi connectivity index (χ4n) is 2.85. The Morgan fingerprint density at radius 2 is 2.10 bits per heavy atom. The van der Waals surface area contributed by atoms with Gasteiger partial charge in [0.1, 0.15) is 5.75 Å². The number of nitrogens with one attached hydrogen (secondary N) is 2. The molecule has 0 spiro atoms. The van der Waals surface area contributed by atoms with Crippen LogP contribution in [0.1, 0.15) is 24.2 Å². The molecule has 3 rings (SSSR count). The molecule has 156 valence electrons. The fourth-order valence-corrected chi connectivity index (χ4v) is 3.35. The monoisotopic (exact) mass is 443 g/mol. The first-order chi connectivity index (χ1) is 14.3. The summed E-state index contributed by atoms with van der Waals surface area (Å²) >= 11 is 11.5. The number of allylic oxidation sites excluding steroid dienone is 1. The number of hydrogen-bond donors (Lipinski definition) is 2. The Balaban J connectivity index is 1.84. The molecule has 0 radical (unpaired) electrons. The van der Waals surface area contributed by atoms with E-state index < -0.39 is 0 Å². The Morgan fingerprint density at radius 1 is 1.33 bits per heavy atom. The molecule has 1 amide bonds. The molecule has 0 fully saturated rings. The summed E-state index contributed by atoms with van der Waals surface area (Å²) in [4.78, 5) is 28.3. The van der Waals surface area contributed by atoms with Crippen LogP contribution in [0.5, 0.6) is 5.75 Å². The SMILES string of the molecule is C=CCn1c(=S)[nH]c2cc(C(=O)Nc3ccc(OCC(C)C)c(Cl)c3)ccc2c1=O. The van der Waals surface area contributed by atoms with E-state index in [4.69, 9.17) is 28.6 Å². The van der Waals surface area contributed by atoms with Gasteiger partial charge in [-0.1, -0.05) is 31.5 Å². The first-order valence-corrected chi connectivity index (χ1v) is 10.2. The molecule has 0 saturated carbocycles. The van der Waals surface area contributed by atoms with Gasteiger partial charge in [-0.05, 0) is 54.5 Å². The minimum atomic E-state index is -0.335. The number of benzene rings is 2. The Kier molecular flexibility index (Phi) is 6.74. The third-order valence-electron chi connectivity index (χ3n) is 4.32. The van der Waals surface area contributed by atoms with Crippen molar-refractivity contribution in [1.29, 1.82) is 0 Å². The zero-order chi connectivity index (χ0) is 21.8. The van der Waals surface area contributed by atoms with Gasteiger partial charge in [0.05, 0.1) is 22.5 Å². The van der Waals surface area contributed by atoms with E-state index >= 15 is 0 Å². The highest BCUT2D eigenvalue weighted by atomic mass is 35.5. The van der Waals surface area contributed by atoms with Crippen molar-refractivity contribution in [3.05, 3.63) is 74.8 Å². The fraction of sp³-hybridized carbons (Fsp3) is 0.227. The molecule has 2 aromatic carbocycles. The van der Waals surface area contributed by atoms with Gasteiger partial charge in [-0.3, -0.25) is 14.2 Å². The maximum Gasteiger partial charge on any atom is 0.262 e. The summed E-state index contributed by atoms with van der Waals surface area (Å²) < 4.78 is 7.33. The van der Waals surface area contributed by atoms with Crippen molar-refractivity contribution in [2.24, 2.45) is 5.92 Å². The van der Waals surface area contributed by atoms with Gasteiger partial charge in [0, 0.05) is 17.8 Å². The van der Waals surface area contributed by atoms with Crippen molar-refractivity contribution >= 4 is 46.3 Å². The average molecular weight is 444 g/mol. The van der Waals surface area contributed by atoms with Crippen LogP contribution in [-0.4, -0.2) is 22.1 Å². The number of carbonyl (C=O) groups is 1. The van der Waals surface area contributed by atoms with Crippen molar-refractivity contribution in [2.75, 3.05) is 11.9 Å². The number of hydrogen-bond acceptors (Lipinski definition) is 4. The van der Waals surface area contributed by atoms with Crippen LogP contribution in [-0.2, 0) is 6.54 Å². The Labute approximate surface area is 184 Å². The van der Waals surface area contributed by atoms with Crippen molar-refractivity contribution in [1.82, 2.24) is 9.55 Å². The number of amides is 1. The molecule has 0 aliphatic rings. The predicted molar refractivity (Wildman–Crippen MR) is 123 cm³/mol. The quantitative estimate of drug-likeness (QED) is 0.389. The summed E-state index contributed by atoms with van der Waals surface area (Å²) in [5.41, 5.74) is 1.18. The van der Waals surface area contributed by atoms with Crippen LogP contribution in [0, 0.1) is 10.7 Å². The molecule has 0 atom stereocenters. The van der Waals surface area contributed by atoms with E-state index in [1.165, 1.54) is 4.57 Å². The van der Waals surface area contributed by atoms with Gasteiger partial charge >= 0.3 is 0 Å². The molecule has 2 N–H and O–H groups in total. The van der Waals surface area contributed by atoms with Gasteiger partial charge in [0.25, 0.3) is 11.5 Å². The molecule has 0 aliphatic heterocycles. The molecule has 1 heterocycles. The summed E-state index contributed by atoms with van der Waals surface area (Å²) in [6.07, 6.45) is 1.60. The van der Waals surface area contributed by atoms with Crippen LogP contribution >= 0.6 is 23.8 Å². The number of aromatic nitrogens is 2. The summed E-state index contributed by atoms with van der Waals surface area (Å²) in [6.45, 7) is 8.60. The van der Waals surface area contributed by atoms with E-state index in [1.807, 2.05) is 13.8 Å². The van der Waals surface area contributed by atoms with Crippen LogP contribution in [0.15, 0.2) is 53.8 Å². The molecular formula is C22H22ClN3O3S. The number of fused-ring (bicyclic) bond motifs is 1. The molecule has 0 saturated heterocycles. The second kappa shape index (κ2) is 9.28. The van der Waals surface area contributed by atoms with Crippen molar-refractivity contribution in [3.8, 4) is 5.75 Å². The first kappa shape index (κ1) is 21.8. The Hall–Kier alpha value is -2.90. The Morgan fingerprint density at radius 3 is 2.77 bits per heavy atom. The van der Waals surface area contributed by atoms with E-state index in [0.717, 1.165) is 0 Å². The number of carbonyl (C=O) groups excluding carboxylic acids is 1. The third-order valence-corrected chi connectivity index (χ3v) is 4.94. The van der Waals surface area contributed by atoms with Crippen LogP contribution < -0.4 is 15.6 Å². The number of ether oxygens (including phenoxy) is 1. The predicted octanol–water partition coefficient (Wildman–Crippen LogP) is 5.19. The number of H-pyrrole nitrogens is 1. The minimum absolute atomic E-state index is 0.232. The maximum atomic E-state index is 12.7. The lowest BCUT2D eigenvalue weighted by atomic mass is 10.1. The second-order valence-electron chi connectivity index (χ2n) is 7.20. The third kappa shape index (κ3) is 4.80. The van der Waals surface area contributed by atoms with E-state index in [2.05, 4.69) is 16.9 Å². The van der Waals surface area contributed by atoms with Crippen LogP contribution in [0.3, 0.4) is 0 Å². The lowest BCUT2D eigenvalue weighted by molar-refractivity contribution is 0.102. The standard InChI is InChI=1S/C22H22ClN3O3S/c1-4-9-26-21(28)16-7-5-14(10-18(16)25-22(26)30)20(27)24-15-6-8-19(17(23)11-15)29-12-13(2)3/h4-8,10-11,13H,1,9,12H2,2-3H3,(H,24,27)(H,25,30). The van der Waals surface area contributed by atoms with Crippen LogP contribution in [0.4, 0.5) is 5.69 Å². The zero-order valence-corrected chi connectivity index (χ0v) is 18.3. The van der Waals surface area contributed by atoms with Crippen LogP contribution in [0.25, 0.3) is 10.9 Å². The van der Waals surface area contributed by atoms with Gasteiger partial charge < -0.3 is 15.0 Å². The number of aromatic amines is 1. The molecule has 0 aliphatic carbocycles. The lowest BCUT2D eigenvalue weighted by Gasteiger charge is -2.12. The molecular weight excluding hydrogens is 422 g/mol. The van der Waals surface area contributed by atoms with E-state index in [-0.39, 0.29) is 16.2 Å². The summed E-state index contributed by atoms with van der Waals surface area (Å²) in [6, 6.07) is 9.88. The largest absolute Gasteiger partial charge is 0.492 e. The van der Waals surface area contributed by atoms with E-state index in [0.29, 0.717) is 52.0 Å². The van der Waals surface area contributed by atoms with Crippen LogP contribution in [0.2, 0.25) is 5.02 Å². The average Bonchev–Trinajstić information content (AvgIpc) is 2.70. The Bertz CT molecular complexity index is 1230.